The van der Waals surface area contributed by atoms with Gasteiger partial charge in [-0.2, -0.15) is 0 Å². The van der Waals surface area contributed by atoms with Crippen LogP contribution in [0.2, 0.25) is 0 Å². The number of benzene rings is 1. The van der Waals surface area contributed by atoms with Gasteiger partial charge in [-0.15, -0.1) is 0 Å². The van der Waals surface area contributed by atoms with E-state index in [9.17, 15) is 4.79 Å². The summed E-state index contributed by atoms with van der Waals surface area (Å²) in [6.45, 7) is 8.54. The van der Waals surface area contributed by atoms with Crippen LogP contribution in [0.25, 0.3) is 0 Å². The van der Waals surface area contributed by atoms with Crippen LogP contribution >= 0.6 is 0 Å². The number of rotatable bonds is 5. The van der Waals surface area contributed by atoms with Gasteiger partial charge < -0.3 is 14.6 Å². The van der Waals surface area contributed by atoms with Gasteiger partial charge in [0.15, 0.2) is 0 Å². The summed E-state index contributed by atoms with van der Waals surface area (Å²) in [5, 5.41) is 8.99. The van der Waals surface area contributed by atoms with E-state index in [0.29, 0.717) is 24.5 Å². The Bertz CT molecular complexity index is 418. The second kappa shape index (κ2) is 5.87. The quantitative estimate of drug-likeness (QED) is 0.819. The third-order valence-electron chi connectivity index (χ3n) is 2.39. The fourth-order valence-electron chi connectivity index (χ4n) is 1.50. The Morgan fingerprint density at radius 1 is 1.28 bits per heavy atom. The smallest absolute Gasteiger partial charge is 0.336 e. The van der Waals surface area contributed by atoms with E-state index >= 15 is 0 Å². The summed E-state index contributed by atoms with van der Waals surface area (Å²) in [6.07, 6.45) is 0. The van der Waals surface area contributed by atoms with Gasteiger partial charge in [0.1, 0.15) is 12.4 Å². The van der Waals surface area contributed by atoms with Gasteiger partial charge in [-0.05, 0) is 39.8 Å². The molecule has 0 aliphatic carbocycles. The maximum Gasteiger partial charge on any atom is 0.336 e. The highest BCUT2D eigenvalue weighted by atomic mass is 16.5. The molecule has 1 N–H and O–H groups in total. The Morgan fingerprint density at radius 3 is 2.50 bits per heavy atom. The van der Waals surface area contributed by atoms with Gasteiger partial charge >= 0.3 is 5.97 Å². The van der Waals surface area contributed by atoms with Crippen molar-refractivity contribution in [3.8, 4) is 5.75 Å². The normalized spacial score (nSPS) is 11.3. The minimum atomic E-state index is -0.941. The van der Waals surface area contributed by atoms with Gasteiger partial charge in [0.2, 0.25) is 0 Å². The van der Waals surface area contributed by atoms with E-state index < -0.39 is 5.97 Å². The van der Waals surface area contributed by atoms with Crippen molar-refractivity contribution in [2.75, 3.05) is 13.2 Å². The van der Waals surface area contributed by atoms with Crippen molar-refractivity contribution in [2.24, 2.45) is 0 Å². The SMILES string of the molecule is Cc1c(OCCOC(C)(C)C)cccc1C(=O)O. The monoisotopic (exact) mass is 252 g/mol. The predicted molar refractivity (Wildman–Crippen MR) is 69.3 cm³/mol. The first kappa shape index (κ1) is 14.5. The van der Waals surface area contributed by atoms with E-state index in [0.717, 1.165) is 0 Å². The van der Waals surface area contributed by atoms with Crippen LogP contribution in [-0.2, 0) is 4.74 Å². The number of ether oxygens (including phenoxy) is 2. The first-order valence-corrected chi connectivity index (χ1v) is 5.91. The average molecular weight is 252 g/mol. The minimum Gasteiger partial charge on any atom is -0.491 e. The van der Waals surface area contributed by atoms with Crippen molar-refractivity contribution in [1.82, 2.24) is 0 Å². The van der Waals surface area contributed by atoms with E-state index in [2.05, 4.69) is 0 Å². The Kier molecular flexibility index (Phi) is 4.73. The Morgan fingerprint density at radius 2 is 1.94 bits per heavy atom. The molecule has 0 aromatic heterocycles. The Balaban J connectivity index is 2.58. The van der Waals surface area contributed by atoms with Crippen molar-refractivity contribution >= 4 is 5.97 Å². The van der Waals surface area contributed by atoms with Crippen LogP contribution in [0.3, 0.4) is 0 Å². The summed E-state index contributed by atoms with van der Waals surface area (Å²) < 4.78 is 11.1. The lowest BCUT2D eigenvalue weighted by Crippen LogP contribution is -2.22. The highest BCUT2D eigenvalue weighted by Gasteiger charge is 2.12. The van der Waals surface area contributed by atoms with Crippen LogP contribution in [0.4, 0.5) is 0 Å². The average Bonchev–Trinajstić information content (AvgIpc) is 2.24. The van der Waals surface area contributed by atoms with E-state index in [1.165, 1.54) is 0 Å². The fourth-order valence-corrected chi connectivity index (χ4v) is 1.50. The van der Waals surface area contributed by atoms with Gasteiger partial charge in [-0.1, -0.05) is 6.07 Å². The van der Waals surface area contributed by atoms with E-state index in [1.807, 2.05) is 20.8 Å². The van der Waals surface area contributed by atoms with Gasteiger partial charge in [-0.25, -0.2) is 4.79 Å². The summed E-state index contributed by atoms with van der Waals surface area (Å²) in [5.74, 6) is -0.351. The maximum absolute atomic E-state index is 11.0. The summed E-state index contributed by atoms with van der Waals surface area (Å²) in [6, 6.07) is 5.01. The molecule has 0 atom stereocenters. The molecule has 4 nitrogen and oxygen atoms in total. The number of hydrogen-bond acceptors (Lipinski definition) is 3. The number of carbonyl (C=O) groups is 1. The molecule has 4 heteroatoms. The first-order chi connectivity index (χ1) is 8.31. The molecule has 0 aliphatic heterocycles. The Labute approximate surface area is 108 Å². The van der Waals surface area contributed by atoms with Crippen molar-refractivity contribution in [2.45, 2.75) is 33.3 Å². The molecule has 0 bridgehead atoms. The van der Waals surface area contributed by atoms with Gasteiger partial charge in [0.05, 0.1) is 17.8 Å². The topological polar surface area (TPSA) is 55.8 Å². The number of aromatic carboxylic acids is 1. The highest BCUT2D eigenvalue weighted by molar-refractivity contribution is 5.90. The fraction of sp³-hybridized carbons (Fsp3) is 0.500. The standard InChI is InChI=1S/C14H20O4/c1-10-11(13(15)16)6-5-7-12(10)17-8-9-18-14(2,3)4/h5-7H,8-9H2,1-4H3,(H,15,16). The largest absolute Gasteiger partial charge is 0.491 e. The molecule has 0 spiro atoms. The van der Waals surface area contributed by atoms with E-state index in [1.54, 1.807) is 25.1 Å². The van der Waals surface area contributed by atoms with E-state index in [-0.39, 0.29) is 11.2 Å². The molecule has 0 unspecified atom stereocenters. The molecule has 100 valence electrons. The Hall–Kier alpha value is -1.55. The molecular weight excluding hydrogens is 232 g/mol. The molecule has 1 aromatic rings. The number of carboxylic acids is 1. The number of carboxylic acid groups (broad SMARTS) is 1. The van der Waals surface area contributed by atoms with Crippen molar-refractivity contribution in [3.05, 3.63) is 29.3 Å². The number of hydrogen-bond donors (Lipinski definition) is 1. The zero-order chi connectivity index (χ0) is 13.8. The van der Waals surface area contributed by atoms with Crippen LogP contribution in [0.5, 0.6) is 5.75 Å². The molecule has 0 heterocycles. The molecule has 1 aromatic carbocycles. The molecule has 0 amide bonds. The highest BCUT2D eigenvalue weighted by Crippen LogP contribution is 2.21. The molecular formula is C14H20O4. The van der Waals surface area contributed by atoms with Gasteiger partial charge in [0.25, 0.3) is 0 Å². The van der Waals surface area contributed by atoms with Crippen molar-refractivity contribution in [3.63, 3.8) is 0 Å². The zero-order valence-corrected chi connectivity index (χ0v) is 11.3. The zero-order valence-electron chi connectivity index (χ0n) is 11.3. The van der Waals surface area contributed by atoms with Gasteiger partial charge in [-0.3, -0.25) is 0 Å². The second-order valence-corrected chi connectivity index (χ2v) is 5.04. The van der Waals surface area contributed by atoms with Crippen molar-refractivity contribution < 1.29 is 19.4 Å². The molecule has 1 rings (SSSR count). The lowest BCUT2D eigenvalue weighted by molar-refractivity contribution is -0.0163. The van der Waals surface area contributed by atoms with Crippen molar-refractivity contribution in [1.29, 1.82) is 0 Å². The maximum atomic E-state index is 11.0. The first-order valence-electron chi connectivity index (χ1n) is 5.91. The molecule has 0 saturated heterocycles. The van der Waals surface area contributed by atoms with Crippen LogP contribution in [0.1, 0.15) is 36.7 Å². The summed E-state index contributed by atoms with van der Waals surface area (Å²) in [5.41, 5.74) is 0.714. The molecule has 0 saturated carbocycles. The molecule has 18 heavy (non-hydrogen) atoms. The predicted octanol–water partition coefficient (Wildman–Crippen LogP) is 2.89. The molecule has 0 fully saturated rings. The van der Waals surface area contributed by atoms with Crippen LogP contribution < -0.4 is 4.74 Å². The van der Waals surface area contributed by atoms with E-state index in [4.69, 9.17) is 14.6 Å². The lowest BCUT2D eigenvalue weighted by Gasteiger charge is -2.19. The minimum absolute atomic E-state index is 0.193. The molecule has 0 aliphatic rings. The lowest BCUT2D eigenvalue weighted by atomic mass is 10.1. The van der Waals surface area contributed by atoms with Gasteiger partial charge in [0, 0.05) is 5.56 Å². The molecule has 0 radical (unpaired) electrons. The summed E-state index contributed by atoms with van der Waals surface area (Å²) >= 11 is 0. The summed E-state index contributed by atoms with van der Waals surface area (Å²) in [7, 11) is 0. The van der Waals surface area contributed by atoms with Crippen LogP contribution in [0.15, 0.2) is 18.2 Å². The second-order valence-electron chi connectivity index (χ2n) is 5.04. The summed E-state index contributed by atoms with van der Waals surface area (Å²) in [4.78, 5) is 11.0. The third-order valence-corrected chi connectivity index (χ3v) is 2.39. The van der Waals surface area contributed by atoms with Crippen LogP contribution in [-0.4, -0.2) is 29.9 Å². The third kappa shape index (κ3) is 4.37. The van der Waals surface area contributed by atoms with Crippen LogP contribution in [0, 0.1) is 6.92 Å².